The Morgan fingerprint density at radius 1 is 1.67 bits per heavy atom. The van der Waals surface area contributed by atoms with Crippen LogP contribution < -0.4 is 0 Å². The van der Waals surface area contributed by atoms with Crippen LogP contribution >= 0.6 is 15.9 Å². The Kier molecular flexibility index (Phi) is 3.76. The molecule has 0 aliphatic heterocycles. The highest BCUT2D eigenvalue weighted by Crippen LogP contribution is 2.04. The Labute approximate surface area is 60.2 Å². The molecule has 54 valence electrons. The van der Waals surface area contributed by atoms with E-state index in [-0.39, 0.29) is 0 Å². The largest absolute Gasteiger partial charge is 0.480 e. The summed E-state index contributed by atoms with van der Waals surface area (Å²) in [6.07, 6.45) is -1.23. The molecular formula is C4H7BrO4. The van der Waals surface area contributed by atoms with Gasteiger partial charge in [-0.15, -0.1) is 0 Å². The van der Waals surface area contributed by atoms with E-state index in [1.54, 1.807) is 0 Å². The van der Waals surface area contributed by atoms with Gasteiger partial charge in [-0.2, -0.15) is 0 Å². The van der Waals surface area contributed by atoms with Crippen LogP contribution in [0.4, 0.5) is 0 Å². The maximum Gasteiger partial charge on any atom is 0.320 e. The highest BCUT2D eigenvalue weighted by molar-refractivity contribution is 9.10. The van der Waals surface area contributed by atoms with Gasteiger partial charge in [0.15, 0.2) is 0 Å². The summed E-state index contributed by atoms with van der Waals surface area (Å²) in [5, 5.41) is 25.0. The highest BCUT2D eigenvalue weighted by Gasteiger charge is 2.21. The maximum absolute atomic E-state index is 9.98. The Morgan fingerprint density at radius 2 is 2.11 bits per heavy atom. The zero-order valence-corrected chi connectivity index (χ0v) is 6.08. The van der Waals surface area contributed by atoms with Gasteiger partial charge in [0, 0.05) is 0 Å². The number of aliphatic hydroxyl groups is 2. The average molecular weight is 199 g/mol. The van der Waals surface area contributed by atoms with Gasteiger partial charge in [-0.1, -0.05) is 15.9 Å². The van der Waals surface area contributed by atoms with Gasteiger partial charge in [0.05, 0.1) is 6.61 Å². The number of halogens is 1. The third-order valence-corrected chi connectivity index (χ3v) is 1.76. The normalized spacial score (nSPS) is 16.8. The van der Waals surface area contributed by atoms with Gasteiger partial charge in [-0.05, 0) is 0 Å². The van der Waals surface area contributed by atoms with Crippen molar-refractivity contribution in [3.63, 3.8) is 0 Å². The van der Waals surface area contributed by atoms with Crippen molar-refractivity contribution in [3.8, 4) is 0 Å². The Bertz CT molecular complexity index is 105. The lowest BCUT2D eigenvalue weighted by atomic mass is 10.3. The fourth-order valence-electron chi connectivity index (χ4n) is 0.257. The lowest BCUT2D eigenvalue weighted by Crippen LogP contribution is -2.31. The van der Waals surface area contributed by atoms with Crippen molar-refractivity contribution in [3.05, 3.63) is 0 Å². The molecule has 3 N–H and O–H groups in total. The molecule has 5 heteroatoms. The quantitative estimate of drug-likeness (QED) is 0.519. The molecule has 0 spiro atoms. The lowest BCUT2D eigenvalue weighted by Gasteiger charge is -2.08. The van der Waals surface area contributed by atoms with Crippen LogP contribution in [0.3, 0.4) is 0 Å². The molecule has 0 aromatic rings. The standard InChI is InChI=1S/C4H7BrO4/c5-3(4(8)9)2(7)1-6/h2-3,6-7H,1H2,(H,8,9)/t2-,3+/m0/s1. The molecule has 4 nitrogen and oxygen atoms in total. The molecule has 0 aromatic heterocycles. The predicted octanol–water partition coefficient (Wildman–Crippen LogP) is -0.812. The number of alkyl halides is 1. The Hall–Kier alpha value is -0.130. The van der Waals surface area contributed by atoms with Gasteiger partial charge in [0.1, 0.15) is 10.9 Å². The van der Waals surface area contributed by atoms with E-state index in [0.717, 1.165) is 0 Å². The molecule has 0 saturated heterocycles. The van der Waals surface area contributed by atoms with Crippen LogP contribution in [0.2, 0.25) is 0 Å². The van der Waals surface area contributed by atoms with E-state index in [2.05, 4.69) is 15.9 Å². The second-order valence-corrected chi connectivity index (χ2v) is 2.48. The summed E-state index contributed by atoms with van der Waals surface area (Å²) < 4.78 is 0. The molecule has 0 unspecified atom stereocenters. The van der Waals surface area contributed by atoms with E-state index in [0.29, 0.717) is 0 Å². The first-order valence-corrected chi connectivity index (χ1v) is 3.17. The summed E-state index contributed by atoms with van der Waals surface area (Å²) in [6.45, 7) is -0.553. The molecule has 0 rings (SSSR count). The van der Waals surface area contributed by atoms with Crippen LogP contribution in [0, 0.1) is 0 Å². The molecule has 0 saturated carbocycles. The van der Waals surface area contributed by atoms with E-state index in [1.807, 2.05) is 0 Å². The minimum absolute atomic E-state index is 0.553. The minimum Gasteiger partial charge on any atom is -0.480 e. The van der Waals surface area contributed by atoms with E-state index in [9.17, 15) is 4.79 Å². The van der Waals surface area contributed by atoms with Crippen LogP contribution in [-0.2, 0) is 4.79 Å². The van der Waals surface area contributed by atoms with Gasteiger partial charge in [-0.3, -0.25) is 4.79 Å². The molecule has 9 heavy (non-hydrogen) atoms. The molecule has 0 amide bonds. The second-order valence-electron chi connectivity index (χ2n) is 1.49. The van der Waals surface area contributed by atoms with Crippen molar-refractivity contribution in [2.45, 2.75) is 10.9 Å². The van der Waals surface area contributed by atoms with E-state index < -0.39 is 23.5 Å². The number of hydrogen-bond acceptors (Lipinski definition) is 3. The molecule has 0 aromatic carbocycles. The van der Waals surface area contributed by atoms with Crippen LogP contribution in [0.15, 0.2) is 0 Å². The van der Waals surface area contributed by atoms with Gasteiger partial charge < -0.3 is 15.3 Å². The molecule has 0 bridgehead atoms. The lowest BCUT2D eigenvalue weighted by molar-refractivity contribution is -0.138. The first kappa shape index (κ1) is 8.87. The van der Waals surface area contributed by atoms with E-state index in [4.69, 9.17) is 15.3 Å². The molecule has 0 fully saturated rings. The third-order valence-electron chi connectivity index (χ3n) is 0.761. The van der Waals surface area contributed by atoms with Crippen molar-refractivity contribution < 1.29 is 20.1 Å². The van der Waals surface area contributed by atoms with Gasteiger partial charge in [-0.25, -0.2) is 0 Å². The topological polar surface area (TPSA) is 77.8 Å². The predicted molar refractivity (Wildman–Crippen MR) is 33.4 cm³/mol. The molecule has 0 heterocycles. The number of aliphatic hydroxyl groups excluding tert-OH is 2. The van der Waals surface area contributed by atoms with Crippen LogP contribution in [-0.4, -0.2) is 38.8 Å². The average Bonchev–Trinajstić information content (AvgIpc) is 1.84. The first-order chi connectivity index (χ1) is 4.09. The fourth-order valence-corrected chi connectivity index (χ4v) is 0.424. The number of carboxylic acids is 1. The van der Waals surface area contributed by atoms with Gasteiger partial charge in [0.2, 0.25) is 0 Å². The van der Waals surface area contributed by atoms with Crippen molar-refractivity contribution in [1.82, 2.24) is 0 Å². The van der Waals surface area contributed by atoms with Crippen LogP contribution in [0.5, 0.6) is 0 Å². The van der Waals surface area contributed by atoms with E-state index >= 15 is 0 Å². The SMILES string of the molecule is O=C(O)[C@H](Br)[C@@H](O)CO. The molecule has 0 radical (unpaired) electrons. The zero-order chi connectivity index (χ0) is 7.44. The smallest absolute Gasteiger partial charge is 0.320 e. The maximum atomic E-state index is 9.98. The summed E-state index contributed by atoms with van der Waals surface area (Å²) in [7, 11) is 0. The zero-order valence-electron chi connectivity index (χ0n) is 4.49. The number of carbonyl (C=O) groups is 1. The Balaban J connectivity index is 3.72. The second kappa shape index (κ2) is 3.81. The van der Waals surface area contributed by atoms with Crippen molar-refractivity contribution in [1.29, 1.82) is 0 Å². The summed E-state index contributed by atoms with van der Waals surface area (Å²) >= 11 is 2.66. The van der Waals surface area contributed by atoms with Gasteiger partial charge >= 0.3 is 5.97 Å². The van der Waals surface area contributed by atoms with Crippen molar-refractivity contribution in [2.24, 2.45) is 0 Å². The molecular weight excluding hydrogens is 192 g/mol. The van der Waals surface area contributed by atoms with Crippen molar-refractivity contribution in [2.75, 3.05) is 6.61 Å². The van der Waals surface area contributed by atoms with Crippen molar-refractivity contribution >= 4 is 21.9 Å². The number of hydrogen-bond donors (Lipinski definition) is 3. The molecule has 2 atom stereocenters. The number of carboxylic acid groups (broad SMARTS) is 1. The summed E-state index contributed by atoms with van der Waals surface area (Å²) in [6, 6.07) is 0. The molecule has 0 aliphatic carbocycles. The first-order valence-electron chi connectivity index (χ1n) is 2.25. The fraction of sp³-hybridized carbons (Fsp3) is 0.750. The van der Waals surface area contributed by atoms with Crippen LogP contribution in [0.1, 0.15) is 0 Å². The van der Waals surface area contributed by atoms with Gasteiger partial charge in [0.25, 0.3) is 0 Å². The Morgan fingerprint density at radius 3 is 2.22 bits per heavy atom. The molecule has 0 aliphatic rings. The van der Waals surface area contributed by atoms with E-state index in [1.165, 1.54) is 0 Å². The summed E-state index contributed by atoms with van der Waals surface area (Å²) in [5.74, 6) is -1.18. The number of aliphatic carboxylic acids is 1. The monoisotopic (exact) mass is 198 g/mol. The number of rotatable bonds is 3. The third kappa shape index (κ3) is 2.78. The highest BCUT2D eigenvalue weighted by atomic mass is 79.9. The minimum atomic E-state index is -1.23. The van der Waals surface area contributed by atoms with Crippen LogP contribution in [0.25, 0.3) is 0 Å². The summed E-state index contributed by atoms with van der Waals surface area (Å²) in [5.41, 5.74) is 0. The summed E-state index contributed by atoms with van der Waals surface area (Å²) in [4.78, 5) is 8.90.